The van der Waals surface area contributed by atoms with Crippen LogP contribution in [0.15, 0.2) is 54.6 Å². The predicted molar refractivity (Wildman–Crippen MR) is 90.1 cm³/mol. The number of aliphatic carboxylic acids is 1. The number of ketones is 1. The molecule has 0 aliphatic carbocycles. The molecule has 0 saturated heterocycles. The zero-order valence-electron chi connectivity index (χ0n) is 12.8. The van der Waals surface area contributed by atoms with Gasteiger partial charge >= 0.3 is 5.97 Å². The van der Waals surface area contributed by atoms with E-state index in [9.17, 15) is 14.7 Å². The molecule has 5 heteroatoms. The van der Waals surface area contributed by atoms with Gasteiger partial charge in [-0.2, -0.15) is 0 Å². The number of carbonyl (C=O) groups is 2. The molecule has 1 aliphatic heterocycles. The summed E-state index contributed by atoms with van der Waals surface area (Å²) < 4.78 is 0. The molecular formula is C19H16N2O3. The Bertz CT molecular complexity index is 930. The molecule has 5 nitrogen and oxygen atoms in total. The highest BCUT2D eigenvalue weighted by Gasteiger charge is 2.36. The molecule has 4 rings (SSSR count). The van der Waals surface area contributed by atoms with Crippen molar-refractivity contribution in [3.63, 3.8) is 0 Å². The third-order valence-corrected chi connectivity index (χ3v) is 4.53. The van der Waals surface area contributed by atoms with Crippen LogP contribution >= 0.6 is 0 Å². The predicted octanol–water partition coefficient (Wildman–Crippen LogP) is 2.69. The van der Waals surface area contributed by atoms with Crippen LogP contribution in [0.5, 0.6) is 0 Å². The van der Waals surface area contributed by atoms with E-state index in [2.05, 4.69) is 10.3 Å². The van der Waals surface area contributed by atoms with Gasteiger partial charge in [0, 0.05) is 28.6 Å². The highest BCUT2D eigenvalue weighted by atomic mass is 16.4. The van der Waals surface area contributed by atoms with Crippen molar-refractivity contribution in [3.05, 3.63) is 71.4 Å². The second-order valence-corrected chi connectivity index (χ2v) is 5.99. The fourth-order valence-electron chi connectivity index (χ4n) is 3.37. The topological polar surface area (TPSA) is 82.2 Å². The molecule has 0 saturated carbocycles. The van der Waals surface area contributed by atoms with Crippen LogP contribution in [0.2, 0.25) is 0 Å². The molecule has 0 radical (unpaired) electrons. The molecule has 1 aliphatic rings. The largest absolute Gasteiger partial charge is 0.480 e. The summed E-state index contributed by atoms with van der Waals surface area (Å²) >= 11 is 0. The van der Waals surface area contributed by atoms with Gasteiger partial charge in [0.05, 0.1) is 0 Å². The van der Waals surface area contributed by atoms with E-state index < -0.39 is 18.1 Å². The van der Waals surface area contributed by atoms with E-state index in [1.54, 1.807) is 24.3 Å². The number of para-hydroxylation sites is 1. The van der Waals surface area contributed by atoms with Gasteiger partial charge in [-0.1, -0.05) is 48.5 Å². The zero-order chi connectivity index (χ0) is 16.7. The Morgan fingerprint density at radius 1 is 1.00 bits per heavy atom. The minimum atomic E-state index is -0.947. The van der Waals surface area contributed by atoms with Crippen LogP contribution < -0.4 is 5.32 Å². The number of aromatic nitrogens is 1. The summed E-state index contributed by atoms with van der Waals surface area (Å²) in [5, 5.41) is 13.4. The Morgan fingerprint density at radius 2 is 1.71 bits per heavy atom. The number of carbonyl (C=O) groups excluding carboxylic acids is 1. The number of fused-ring (bicyclic) bond motifs is 3. The van der Waals surface area contributed by atoms with Gasteiger partial charge in [-0.15, -0.1) is 0 Å². The Hall–Kier alpha value is -2.92. The maximum atomic E-state index is 12.9. The average Bonchev–Trinajstić information content (AvgIpc) is 2.99. The Labute approximate surface area is 138 Å². The lowest BCUT2D eigenvalue weighted by atomic mass is 9.90. The molecule has 0 spiro atoms. The Balaban J connectivity index is 1.85. The molecule has 0 bridgehead atoms. The Kier molecular flexibility index (Phi) is 3.43. The number of aromatic amines is 1. The molecule has 3 N–H and O–H groups in total. The standard InChI is InChI=1S/C19H16N2O3/c22-18(11-6-2-1-3-7-11)17-16-13(10-15(21-17)19(23)24)12-8-4-5-9-14(12)20-16/h1-9,15,17,20-21H,10H2,(H,23,24)/t15-,17-/m1/s1. The number of Topliss-reactive ketones (excluding diaryl/α,β-unsaturated/α-hetero) is 1. The van der Waals surface area contributed by atoms with Crippen molar-refractivity contribution in [1.82, 2.24) is 10.3 Å². The summed E-state index contributed by atoms with van der Waals surface area (Å²) in [5.41, 5.74) is 3.15. The van der Waals surface area contributed by atoms with Crippen LogP contribution in [-0.4, -0.2) is 27.9 Å². The van der Waals surface area contributed by atoms with Gasteiger partial charge in [0.15, 0.2) is 5.78 Å². The normalized spacial score (nSPS) is 19.8. The maximum Gasteiger partial charge on any atom is 0.321 e. The minimum absolute atomic E-state index is 0.130. The number of nitrogens with one attached hydrogen (secondary N) is 2. The van der Waals surface area contributed by atoms with E-state index in [4.69, 9.17) is 0 Å². The number of carboxylic acid groups (broad SMARTS) is 1. The van der Waals surface area contributed by atoms with Crippen molar-refractivity contribution in [1.29, 1.82) is 0 Å². The average molecular weight is 320 g/mol. The number of H-pyrrole nitrogens is 1. The van der Waals surface area contributed by atoms with Gasteiger partial charge in [-0.25, -0.2) is 0 Å². The van der Waals surface area contributed by atoms with Crippen molar-refractivity contribution in [2.24, 2.45) is 0 Å². The van der Waals surface area contributed by atoms with Gasteiger partial charge in [-0.3, -0.25) is 14.9 Å². The monoisotopic (exact) mass is 320 g/mol. The first kappa shape index (κ1) is 14.7. The van der Waals surface area contributed by atoms with Crippen molar-refractivity contribution in [3.8, 4) is 0 Å². The maximum absolute atomic E-state index is 12.9. The van der Waals surface area contributed by atoms with E-state index in [1.165, 1.54) is 0 Å². The van der Waals surface area contributed by atoms with Crippen molar-refractivity contribution < 1.29 is 14.7 Å². The van der Waals surface area contributed by atoms with E-state index in [1.807, 2.05) is 30.3 Å². The molecule has 120 valence electrons. The van der Waals surface area contributed by atoms with Gasteiger partial charge in [0.1, 0.15) is 12.1 Å². The van der Waals surface area contributed by atoms with Crippen LogP contribution in [0.4, 0.5) is 0 Å². The number of hydrogen-bond acceptors (Lipinski definition) is 3. The van der Waals surface area contributed by atoms with Crippen molar-refractivity contribution in [2.45, 2.75) is 18.5 Å². The van der Waals surface area contributed by atoms with Crippen LogP contribution in [0.25, 0.3) is 10.9 Å². The van der Waals surface area contributed by atoms with Crippen LogP contribution in [0.3, 0.4) is 0 Å². The van der Waals surface area contributed by atoms with Gasteiger partial charge in [0.25, 0.3) is 0 Å². The molecule has 2 aromatic carbocycles. The highest BCUT2D eigenvalue weighted by Crippen LogP contribution is 2.33. The lowest BCUT2D eigenvalue weighted by molar-refractivity contribution is -0.139. The lowest BCUT2D eigenvalue weighted by Gasteiger charge is -2.28. The molecule has 0 fully saturated rings. The SMILES string of the molecule is O=C(O)[C@H]1Cc2c([nH]c3ccccc23)[C@H](C(=O)c2ccccc2)N1. The summed E-state index contributed by atoms with van der Waals surface area (Å²) in [4.78, 5) is 27.8. The fraction of sp³-hybridized carbons (Fsp3) is 0.158. The summed E-state index contributed by atoms with van der Waals surface area (Å²) in [6.45, 7) is 0. The van der Waals surface area contributed by atoms with Gasteiger partial charge in [0.2, 0.25) is 0 Å². The summed E-state index contributed by atoms with van der Waals surface area (Å²) in [5.74, 6) is -1.08. The molecule has 1 aromatic heterocycles. The van der Waals surface area contributed by atoms with E-state index >= 15 is 0 Å². The third kappa shape index (κ3) is 2.30. The molecular weight excluding hydrogens is 304 g/mol. The molecule has 24 heavy (non-hydrogen) atoms. The van der Waals surface area contributed by atoms with E-state index in [0.29, 0.717) is 12.0 Å². The molecule has 2 heterocycles. The fourth-order valence-corrected chi connectivity index (χ4v) is 3.37. The van der Waals surface area contributed by atoms with Crippen LogP contribution in [0.1, 0.15) is 27.7 Å². The number of carboxylic acids is 1. The number of hydrogen-bond donors (Lipinski definition) is 3. The minimum Gasteiger partial charge on any atom is -0.480 e. The lowest BCUT2D eigenvalue weighted by Crippen LogP contribution is -2.47. The first-order valence-corrected chi connectivity index (χ1v) is 7.83. The summed E-state index contributed by atoms with van der Waals surface area (Å²) in [7, 11) is 0. The highest BCUT2D eigenvalue weighted by molar-refractivity contribution is 6.02. The zero-order valence-corrected chi connectivity index (χ0v) is 12.8. The van der Waals surface area contributed by atoms with E-state index in [0.717, 1.165) is 22.2 Å². The first-order chi connectivity index (χ1) is 11.6. The van der Waals surface area contributed by atoms with Gasteiger partial charge < -0.3 is 10.1 Å². The van der Waals surface area contributed by atoms with Crippen molar-refractivity contribution in [2.75, 3.05) is 0 Å². The Morgan fingerprint density at radius 3 is 2.46 bits per heavy atom. The van der Waals surface area contributed by atoms with Crippen LogP contribution in [0, 0.1) is 0 Å². The molecule has 0 unspecified atom stereocenters. The third-order valence-electron chi connectivity index (χ3n) is 4.53. The van der Waals surface area contributed by atoms with Crippen molar-refractivity contribution >= 4 is 22.7 Å². The van der Waals surface area contributed by atoms with E-state index in [-0.39, 0.29) is 5.78 Å². The molecule has 3 aromatic rings. The second-order valence-electron chi connectivity index (χ2n) is 5.99. The first-order valence-electron chi connectivity index (χ1n) is 7.83. The quantitative estimate of drug-likeness (QED) is 0.648. The van der Waals surface area contributed by atoms with Crippen LogP contribution in [-0.2, 0) is 11.2 Å². The molecule has 2 atom stereocenters. The van der Waals surface area contributed by atoms with Gasteiger partial charge in [-0.05, 0) is 11.6 Å². The smallest absolute Gasteiger partial charge is 0.321 e. The second kappa shape index (κ2) is 5.62. The summed E-state index contributed by atoms with van der Waals surface area (Å²) in [6.07, 6.45) is 0.354. The summed E-state index contributed by atoms with van der Waals surface area (Å²) in [6, 6.07) is 15.2. The molecule has 0 amide bonds. The number of rotatable bonds is 3. The number of benzene rings is 2.